The largest absolute Gasteiger partial charge is 0.149 e. The molecule has 1 aromatic heterocycles. The fraction of sp³-hybridized carbons (Fsp3) is 0.167. The molecule has 0 saturated carbocycles. The smallest absolute Gasteiger partial charge is 0.0347 e. The van der Waals surface area contributed by atoms with Crippen molar-refractivity contribution in [3.8, 4) is 0 Å². The standard InChI is InChI=1S/C6H5S2/c7-4-3-6-2-1-5-8-6/h1-2,5H,3H2. The van der Waals surface area contributed by atoms with Gasteiger partial charge in [0.15, 0.2) is 0 Å². The van der Waals surface area contributed by atoms with Crippen molar-refractivity contribution in [1.29, 1.82) is 0 Å². The van der Waals surface area contributed by atoms with Crippen LogP contribution in [0.2, 0.25) is 0 Å². The number of hydrogen-bond donors (Lipinski definition) is 0. The minimum atomic E-state index is 0.812. The third kappa shape index (κ3) is 1.39. The van der Waals surface area contributed by atoms with Gasteiger partial charge in [0, 0.05) is 16.7 Å². The molecular weight excluding hydrogens is 136 g/mol. The highest BCUT2D eigenvalue weighted by molar-refractivity contribution is 7.79. The maximum atomic E-state index is 4.56. The van der Waals surface area contributed by atoms with E-state index >= 15 is 0 Å². The average Bonchev–Trinajstić information content (AvgIpc) is 2.19. The topological polar surface area (TPSA) is 0 Å². The zero-order valence-electron chi connectivity index (χ0n) is 4.26. The molecule has 0 fully saturated rings. The molecule has 0 N–H and O–H groups in total. The van der Waals surface area contributed by atoms with Gasteiger partial charge in [-0.2, -0.15) is 0 Å². The van der Waals surface area contributed by atoms with E-state index in [1.165, 1.54) is 4.88 Å². The second kappa shape index (κ2) is 2.95. The van der Waals surface area contributed by atoms with Crippen molar-refractivity contribution in [3.05, 3.63) is 22.4 Å². The first-order valence-corrected chi connectivity index (χ1v) is 3.59. The first-order chi connectivity index (χ1) is 3.93. The lowest BCUT2D eigenvalue weighted by molar-refractivity contribution is 1.50. The van der Waals surface area contributed by atoms with Gasteiger partial charge < -0.3 is 0 Å². The fourth-order valence-corrected chi connectivity index (χ4v) is 1.38. The normalized spacial score (nSPS) is 9.00. The molecule has 2 heteroatoms. The summed E-state index contributed by atoms with van der Waals surface area (Å²) < 4.78 is 0. The zero-order valence-corrected chi connectivity index (χ0v) is 5.89. The summed E-state index contributed by atoms with van der Waals surface area (Å²) in [6.45, 7) is 0. The van der Waals surface area contributed by atoms with E-state index in [4.69, 9.17) is 0 Å². The Kier molecular flexibility index (Phi) is 2.18. The van der Waals surface area contributed by atoms with Crippen molar-refractivity contribution in [3.63, 3.8) is 0 Å². The van der Waals surface area contributed by atoms with E-state index < -0.39 is 0 Å². The first-order valence-electron chi connectivity index (χ1n) is 2.31. The van der Waals surface area contributed by atoms with Crippen molar-refractivity contribution < 1.29 is 0 Å². The molecule has 0 atom stereocenters. The van der Waals surface area contributed by atoms with Crippen LogP contribution in [0.15, 0.2) is 17.5 Å². The van der Waals surface area contributed by atoms with Gasteiger partial charge in [0.05, 0.1) is 0 Å². The minimum absolute atomic E-state index is 0.812. The molecule has 0 spiro atoms. The second-order valence-electron chi connectivity index (χ2n) is 1.40. The van der Waals surface area contributed by atoms with E-state index in [0.717, 1.165) is 6.42 Å². The molecule has 0 amide bonds. The summed E-state index contributed by atoms with van der Waals surface area (Å²) in [6, 6.07) is 4.08. The minimum Gasteiger partial charge on any atom is -0.149 e. The third-order valence-electron chi connectivity index (χ3n) is 0.827. The van der Waals surface area contributed by atoms with Gasteiger partial charge in [0.25, 0.3) is 0 Å². The molecule has 1 rings (SSSR count). The van der Waals surface area contributed by atoms with E-state index in [1.54, 1.807) is 11.3 Å². The summed E-state index contributed by atoms with van der Waals surface area (Å²) >= 11 is 6.28. The molecule has 0 saturated heterocycles. The molecule has 1 aromatic rings. The fourth-order valence-electron chi connectivity index (χ4n) is 0.484. The summed E-state index contributed by atoms with van der Waals surface area (Å²) in [5.41, 5.74) is 0. The van der Waals surface area contributed by atoms with Crippen LogP contribution in [-0.4, -0.2) is 5.37 Å². The van der Waals surface area contributed by atoms with Crippen LogP contribution < -0.4 is 0 Å². The van der Waals surface area contributed by atoms with Crippen molar-refractivity contribution in [2.45, 2.75) is 6.42 Å². The van der Waals surface area contributed by atoms with Crippen LogP contribution >= 0.6 is 23.6 Å². The lowest BCUT2D eigenvalue weighted by Crippen LogP contribution is -1.73. The number of rotatable bonds is 2. The van der Waals surface area contributed by atoms with Gasteiger partial charge in [0.2, 0.25) is 0 Å². The van der Waals surface area contributed by atoms with Gasteiger partial charge in [-0.05, 0) is 11.4 Å². The molecule has 0 aliphatic heterocycles. The van der Waals surface area contributed by atoms with E-state index in [-0.39, 0.29) is 0 Å². The number of thiophene rings is 1. The first kappa shape index (κ1) is 5.92. The predicted molar refractivity (Wildman–Crippen MR) is 40.6 cm³/mol. The number of hydrogen-bond acceptors (Lipinski definition) is 2. The molecule has 0 aliphatic carbocycles. The summed E-state index contributed by atoms with van der Waals surface area (Å²) in [7, 11) is 0. The maximum Gasteiger partial charge on any atom is 0.0347 e. The molecule has 0 aromatic carbocycles. The molecule has 1 radical (unpaired) electrons. The SMILES string of the molecule is S=[C]Cc1cccs1. The number of thiocarbonyl (C=S) groups is 1. The van der Waals surface area contributed by atoms with Crippen molar-refractivity contribution in [2.24, 2.45) is 0 Å². The third-order valence-corrected chi connectivity index (χ3v) is 1.85. The Bertz CT molecular complexity index is 153. The Hall–Kier alpha value is -0.210. The van der Waals surface area contributed by atoms with Gasteiger partial charge in [-0.15, -0.1) is 11.3 Å². The summed E-state index contributed by atoms with van der Waals surface area (Å²) in [5.74, 6) is 0. The highest BCUT2D eigenvalue weighted by Crippen LogP contribution is 2.07. The van der Waals surface area contributed by atoms with Crippen molar-refractivity contribution in [1.82, 2.24) is 0 Å². The molecule has 0 bridgehead atoms. The monoisotopic (exact) mass is 141 g/mol. The van der Waals surface area contributed by atoms with Gasteiger partial charge in [0.1, 0.15) is 0 Å². The van der Waals surface area contributed by atoms with Crippen LogP contribution in [0.3, 0.4) is 0 Å². The maximum absolute atomic E-state index is 4.56. The highest BCUT2D eigenvalue weighted by Gasteiger charge is 1.86. The molecule has 0 unspecified atom stereocenters. The van der Waals surface area contributed by atoms with E-state index in [9.17, 15) is 0 Å². The van der Waals surface area contributed by atoms with E-state index in [0.29, 0.717) is 0 Å². The molecule has 1 heterocycles. The lowest BCUT2D eigenvalue weighted by atomic mass is 10.4. The van der Waals surface area contributed by atoms with Crippen LogP contribution in [0.25, 0.3) is 0 Å². The second-order valence-corrected chi connectivity index (χ2v) is 2.72. The summed E-state index contributed by atoms with van der Waals surface area (Å²) in [6.07, 6.45) is 0.812. The Balaban J connectivity index is 2.62. The van der Waals surface area contributed by atoms with Crippen molar-refractivity contribution in [2.75, 3.05) is 0 Å². The zero-order chi connectivity index (χ0) is 5.82. The Morgan fingerprint density at radius 2 is 2.62 bits per heavy atom. The molecule has 0 aliphatic rings. The van der Waals surface area contributed by atoms with E-state index in [2.05, 4.69) is 23.7 Å². The molecule has 41 valence electrons. The predicted octanol–water partition coefficient (Wildman–Crippen LogP) is 2.17. The summed E-state index contributed by atoms with van der Waals surface area (Å²) in [5, 5.41) is 4.71. The van der Waals surface area contributed by atoms with Crippen LogP contribution in [0.4, 0.5) is 0 Å². The van der Waals surface area contributed by atoms with Gasteiger partial charge >= 0.3 is 0 Å². The molecule has 8 heavy (non-hydrogen) atoms. The van der Waals surface area contributed by atoms with Crippen molar-refractivity contribution >= 4 is 28.9 Å². The average molecular weight is 141 g/mol. The van der Waals surface area contributed by atoms with Gasteiger partial charge in [-0.25, -0.2) is 0 Å². The van der Waals surface area contributed by atoms with Crippen LogP contribution in [-0.2, 0) is 6.42 Å². The van der Waals surface area contributed by atoms with E-state index in [1.807, 2.05) is 11.4 Å². The Morgan fingerprint density at radius 1 is 1.75 bits per heavy atom. The van der Waals surface area contributed by atoms with Crippen LogP contribution in [0.1, 0.15) is 4.88 Å². The Morgan fingerprint density at radius 3 is 3.12 bits per heavy atom. The van der Waals surface area contributed by atoms with Gasteiger partial charge in [-0.3, -0.25) is 0 Å². The quantitative estimate of drug-likeness (QED) is 0.569. The summed E-state index contributed by atoms with van der Waals surface area (Å²) in [4.78, 5) is 1.29. The van der Waals surface area contributed by atoms with Gasteiger partial charge in [-0.1, -0.05) is 18.3 Å². The Labute approximate surface area is 58.2 Å². The highest BCUT2D eigenvalue weighted by atomic mass is 32.1. The van der Waals surface area contributed by atoms with Crippen LogP contribution in [0, 0.1) is 0 Å². The molecule has 0 nitrogen and oxygen atoms in total. The molecular formula is C6H5S2. The van der Waals surface area contributed by atoms with Crippen LogP contribution in [0.5, 0.6) is 0 Å². The lowest BCUT2D eigenvalue weighted by Gasteiger charge is -1.79.